The van der Waals surface area contributed by atoms with Crippen LogP contribution in [0, 0.1) is 16.4 Å². The van der Waals surface area contributed by atoms with Crippen LogP contribution in [0.25, 0.3) is 11.0 Å². The fraction of sp³-hybridized carbons (Fsp3) is 0.133. The first-order valence-corrected chi connectivity index (χ1v) is 7.52. The van der Waals surface area contributed by atoms with Crippen molar-refractivity contribution in [3.63, 3.8) is 0 Å². The Balaban J connectivity index is 2.25. The minimum absolute atomic E-state index is 0.148. The number of imidazole rings is 1. The number of aromatic amines is 1. The highest BCUT2D eigenvalue weighted by Crippen LogP contribution is 2.27. The molecule has 1 aromatic heterocycles. The summed E-state index contributed by atoms with van der Waals surface area (Å²) in [4.78, 5) is 2.81. The van der Waals surface area contributed by atoms with E-state index in [9.17, 15) is 8.78 Å². The summed E-state index contributed by atoms with van der Waals surface area (Å²) in [6, 6.07) is 9.73. The number of nitrogens with zero attached hydrogens (tertiary/aromatic N) is 1. The molecule has 6 heteroatoms. The van der Waals surface area contributed by atoms with Gasteiger partial charge < -0.3 is 9.55 Å². The second-order valence-electron chi connectivity index (χ2n) is 4.81. The molecule has 0 spiro atoms. The first-order valence-electron chi connectivity index (χ1n) is 6.32. The van der Waals surface area contributed by atoms with E-state index in [4.69, 9.17) is 12.2 Å². The molecule has 0 aliphatic carbocycles. The summed E-state index contributed by atoms with van der Waals surface area (Å²) < 4.78 is 30.4. The first-order chi connectivity index (χ1) is 9.97. The highest BCUT2D eigenvalue weighted by molar-refractivity contribution is 9.10. The monoisotopic (exact) mass is 368 g/mol. The van der Waals surface area contributed by atoms with Gasteiger partial charge in [0.2, 0.25) is 0 Å². The van der Waals surface area contributed by atoms with Crippen LogP contribution in [0.1, 0.15) is 18.5 Å². The van der Waals surface area contributed by atoms with Gasteiger partial charge in [-0.3, -0.25) is 0 Å². The fourth-order valence-corrected chi connectivity index (χ4v) is 3.23. The van der Waals surface area contributed by atoms with Crippen LogP contribution in [-0.4, -0.2) is 9.55 Å². The van der Waals surface area contributed by atoms with E-state index in [1.165, 1.54) is 6.07 Å². The SMILES string of the molecule is CC(c1cccc(Br)c1)n1c(=S)[nH]c2c(F)cc(F)cc21. The van der Waals surface area contributed by atoms with E-state index in [1.807, 2.05) is 31.2 Å². The van der Waals surface area contributed by atoms with Crippen LogP contribution in [-0.2, 0) is 0 Å². The molecule has 108 valence electrons. The zero-order chi connectivity index (χ0) is 15.1. The number of benzene rings is 2. The van der Waals surface area contributed by atoms with Crippen LogP contribution in [0.5, 0.6) is 0 Å². The van der Waals surface area contributed by atoms with Crippen molar-refractivity contribution in [3.05, 3.63) is 62.8 Å². The molecular formula is C15H11BrF2N2S. The molecule has 0 saturated carbocycles. The molecule has 1 atom stereocenters. The second kappa shape index (κ2) is 5.35. The highest BCUT2D eigenvalue weighted by atomic mass is 79.9. The third-order valence-corrected chi connectivity index (χ3v) is 4.25. The van der Waals surface area contributed by atoms with Crippen LogP contribution in [0.15, 0.2) is 40.9 Å². The van der Waals surface area contributed by atoms with Gasteiger partial charge in [-0.2, -0.15) is 0 Å². The van der Waals surface area contributed by atoms with E-state index in [-0.39, 0.29) is 11.6 Å². The normalized spacial score (nSPS) is 12.8. The average Bonchev–Trinajstić information content (AvgIpc) is 2.74. The van der Waals surface area contributed by atoms with Crippen LogP contribution in [0.4, 0.5) is 8.78 Å². The maximum absolute atomic E-state index is 13.8. The lowest BCUT2D eigenvalue weighted by Crippen LogP contribution is -2.07. The van der Waals surface area contributed by atoms with Gasteiger partial charge in [-0.25, -0.2) is 8.78 Å². The fourth-order valence-electron chi connectivity index (χ4n) is 2.45. The van der Waals surface area contributed by atoms with Crippen LogP contribution in [0.3, 0.4) is 0 Å². The molecule has 0 amide bonds. The van der Waals surface area contributed by atoms with Gasteiger partial charge in [0.25, 0.3) is 0 Å². The maximum atomic E-state index is 13.8. The summed E-state index contributed by atoms with van der Waals surface area (Å²) >= 11 is 8.69. The third kappa shape index (κ3) is 2.53. The molecule has 0 radical (unpaired) electrons. The van der Waals surface area contributed by atoms with E-state index in [1.54, 1.807) is 4.57 Å². The number of rotatable bonds is 2. The summed E-state index contributed by atoms with van der Waals surface area (Å²) in [6.45, 7) is 1.94. The van der Waals surface area contributed by atoms with Crippen molar-refractivity contribution in [2.75, 3.05) is 0 Å². The predicted molar refractivity (Wildman–Crippen MR) is 85.0 cm³/mol. The van der Waals surface area contributed by atoms with Crippen molar-refractivity contribution < 1.29 is 8.78 Å². The number of fused-ring (bicyclic) bond motifs is 1. The van der Waals surface area contributed by atoms with Gasteiger partial charge in [0.15, 0.2) is 10.6 Å². The Kier molecular flexibility index (Phi) is 3.67. The number of H-pyrrole nitrogens is 1. The molecule has 0 bridgehead atoms. The van der Waals surface area contributed by atoms with E-state index in [0.717, 1.165) is 16.1 Å². The highest BCUT2D eigenvalue weighted by Gasteiger charge is 2.16. The quantitative estimate of drug-likeness (QED) is 0.604. The molecule has 0 aliphatic rings. The summed E-state index contributed by atoms with van der Waals surface area (Å²) in [5, 5.41) is 0. The maximum Gasteiger partial charge on any atom is 0.178 e. The number of nitrogens with one attached hydrogen (secondary N) is 1. The number of hydrogen-bond acceptors (Lipinski definition) is 1. The second-order valence-corrected chi connectivity index (χ2v) is 6.12. The molecule has 2 aromatic carbocycles. The summed E-state index contributed by atoms with van der Waals surface area (Å²) in [7, 11) is 0. The average molecular weight is 369 g/mol. The zero-order valence-corrected chi connectivity index (χ0v) is 13.4. The van der Waals surface area contributed by atoms with E-state index in [0.29, 0.717) is 10.3 Å². The Bertz CT molecular complexity index is 885. The van der Waals surface area contributed by atoms with Gasteiger partial charge in [-0.15, -0.1) is 0 Å². The van der Waals surface area contributed by atoms with Crippen molar-refractivity contribution in [1.82, 2.24) is 9.55 Å². The van der Waals surface area contributed by atoms with Crippen molar-refractivity contribution in [1.29, 1.82) is 0 Å². The number of hydrogen-bond donors (Lipinski definition) is 1. The molecule has 21 heavy (non-hydrogen) atoms. The molecular weight excluding hydrogens is 358 g/mol. The Labute approximate surface area is 133 Å². The van der Waals surface area contributed by atoms with Gasteiger partial charge in [0.1, 0.15) is 11.3 Å². The number of aromatic nitrogens is 2. The lowest BCUT2D eigenvalue weighted by Gasteiger charge is -2.15. The standard InChI is InChI=1S/C15H11BrF2N2S/c1-8(9-3-2-4-10(16)5-9)20-13-7-11(17)6-12(18)14(13)19-15(20)21/h2-8H,1H3,(H,19,21). The smallest absolute Gasteiger partial charge is 0.178 e. The minimum Gasteiger partial charge on any atom is -0.328 e. The summed E-state index contributed by atoms with van der Waals surface area (Å²) in [5.41, 5.74) is 1.64. The van der Waals surface area contributed by atoms with Crippen LogP contribution in [0.2, 0.25) is 0 Å². The Morgan fingerprint density at radius 2 is 2.00 bits per heavy atom. The molecule has 3 rings (SSSR count). The van der Waals surface area contributed by atoms with Crippen molar-refractivity contribution in [2.24, 2.45) is 0 Å². The van der Waals surface area contributed by atoms with Gasteiger partial charge >= 0.3 is 0 Å². The predicted octanol–water partition coefficient (Wildman–Crippen LogP) is 5.35. The molecule has 3 aromatic rings. The lowest BCUT2D eigenvalue weighted by molar-refractivity contribution is 0.588. The minimum atomic E-state index is -0.642. The molecule has 1 N–H and O–H groups in total. The van der Waals surface area contributed by atoms with E-state index < -0.39 is 11.6 Å². The molecule has 0 saturated heterocycles. The molecule has 1 unspecified atom stereocenters. The molecule has 0 aliphatic heterocycles. The van der Waals surface area contributed by atoms with E-state index >= 15 is 0 Å². The van der Waals surface area contributed by atoms with E-state index in [2.05, 4.69) is 20.9 Å². The Morgan fingerprint density at radius 3 is 2.71 bits per heavy atom. The summed E-state index contributed by atoms with van der Waals surface area (Å²) in [5.74, 6) is -1.26. The zero-order valence-electron chi connectivity index (χ0n) is 11.0. The molecule has 2 nitrogen and oxygen atoms in total. The summed E-state index contributed by atoms with van der Waals surface area (Å²) in [6.07, 6.45) is 0. The molecule has 1 heterocycles. The number of halogens is 3. The Hall–Kier alpha value is -1.53. The first kappa shape index (κ1) is 14.4. The van der Waals surface area contributed by atoms with Crippen molar-refractivity contribution in [3.8, 4) is 0 Å². The van der Waals surface area contributed by atoms with Gasteiger partial charge in [-0.1, -0.05) is 28.1 Å². The molecule has 0 fully saturated rings. The van der Waals surface area contributed by atoms with Crippen LogP contribution >= 0.6 is 28.1 Å². The van der Waals surface area contributed by atoms with Crippen molar-refractivity contribution in [2.45, 2.75) is 13.0 Å². The van der Waals surface area contributed by atoms with Gasteiger partial charge in [-0.05, 0) is 42.9 Å². The topological polar surface area (TPSA) is 20.7 Å². The van der Waals surface area contributed by atoms with Crippen LogP contribution < -0.4 is 0 Å². The Morgan fingerprint density at radius 1 is 1.24 bits per heavy atom. The van der Waals surface area contributed by atoms with Crippen molar-refractivity contribution >= 4 is 39.2 Å². The largest absolute Gasteiger partial charge is 0.328 e. The van der Waals surface area contributed by atoms with Gasteiger partial charge in [0.05, 0.1) is 11.6 Å². The van der Waals surface area contributed by atoms with Gasteiger partial charge in [0, 0.05) is 10.5 Å². The third-order valence-electron chi connectivity index (χ3n) is 3.46. The lowest BCUT2D eigenvalue weighted by atomic mass is 10.1.